The molecule has 0 aliphatic heterocycles. The van der Waals surface area contributed by atoms with Gasteiger partial charge in [-0.15, -0.1) is 0 Å². The van der Waals surface area contributed by atoms with Gasteiger partial charge in [0.1, 0.15) is 10.6 Å². The lowest BCUT2D eigenvalue weighted by molar-refractivity contribution is 0.417. The van der Waals surface area contributed by atoms with Gasteiger partial charge < -0.3 is 4.74 Å². The maximum Gasteiger partial charge on any atom is 0.265 e. The first-order valence-electron chi connectivity index (χ1n) is 7.26. The average Bonchev–Trinajstić information content (AvgIpc) is 2.82. The van der Waals surface area contributed by atoms with Gasteiger partial charge in [-0.25, -0.2) is 8.42 Å². The van der Waals surface area contributed by atoms with Gasteiger partial charge in [-0.2, -0.15) is 5.10 Å². The molecule has 0 atom stereocenters. The molecule has 0 spiro atoms. The molecule has 126 valence electrons. The number of methoxy groups -OCH3 is 1. The van der Waals surface area contributed by atoms with Gasteiger partial charge in [0.15, 0.2) is 0 Å². The minimum Gasteiger partial charge on any atom is -0.495 e. The number of hydrogen-bond acceptors (Lipinski definition) is 4. The van der Waals surface area contributed by atoms with E-state index in [9.17, 15) is 8.42 Å². The smallest absolute Gasteiger partial charge is 0.265 e. The number of aryl methyl sites for hydroxylation is 2. The van der Waals surface area contributed by atoms with E-state index in [0.717, 1.165) is 5.56 Å². The maximum absolute atomic E-state index is 12.8. The van der Waals surface area contributed by atoms with Gasteiger partial charge >= 0.3 is 0 Å². The summed E-state index contributed by atoms with van der Waals surface area (Å²) in [4.78, 5) is 0.177. The van der Waals surface area contributed by atoms with Crippen LogP contribution in [0.5, 0.6) is 5.75 Å². The third-order valence-corrected chi connectivity index (χ3v) is 4.76. The number of nitrogens with zero attached hydrogens (tertiary/aromatic N) is 2. The second-order valence-corrected chi connectivity index (χ2v) is 8.23. The molecule has 6 nitrogen and oxygen atoms in total. The fourth-order valence-corrected chi connectivity index (χ4v) is 3.74. The summed E-state index contributed by atoms with van der Waals surface area (Å²) in [6, 6.07) is 5.34. The van der Waals surface area contributed by atoms with E-state index in [1.165, 1.54) is 18.0 Å². The highest BCUT2D eigenvalue weighted by molar-refractivity contribution is 7.92. The lowest BCUT2D eigenvalue weighted by Gasteiger charge is -2.18. The topological polar surface area (TPSA) is 73.2 Å². The molecule has 0 saturated heterocycles. The van der Waals surface area contributed by atoms with Crippen LogP contribution in [0, 0.1) is 6.92 Å². The quantitative estimate of drug-likeness (QED) is 0.931. The summed E-state index contributed by atoms with van der Waals surface area (Å²) in [7, 11) is -0.552. The standard InChI is InChI=1S/C16H23N3O3S/c1-11-7-8-13(22-6)12(9-11)18-23(20,21)14-10-19(5)17-15(14)16(2,3)4/h7-10,18H,1-6H3. The number of ether oxygens (including phenoxy) is 1. The predicted octanol–water partition coefficient (Wildman–Crippen LogP) is 2.84. The molecule has 0 fully saturated rings. The van der Waals surface area contributed by atoms with Crippen LogP contribution in [0.15, 0.2) is 29.3 Å². The lowest BCUT2D eigenvalue weighted by atomic mass is 9.92. The average molecular weight is 337 g/mol. The second kappa shape index (κ2) is 5.88. The molecule has 1 aromatic heterocycles. The molecule has 1 heterocycles. The van der Waals surface area contributed by atoms with Crippen molar-refractivity contribution in [2.24, 2.45) is 7.05 Å². The van der Waals surface area contributed by atoms with E-state index >= 15 is 0 Å². The molecular weight excluding hydrogens is 314 g/mol. The first kappa shape index (κ1) is 17.3. The van der Waals surface area contributed by atoms with Crippen LogP contribution in [-0.2, 0) is 22.5 Å². The first-order chi connectivity index (χ1) is 10.5. The molecule has 2 aromatic rings. The summed E-state index contributed by atoms with van der Waals surface area (Å²) in [5, 5.41) is 4.32. The number of benzene rings is 1. The Kier molecular flexibility index (Phi) is 4.43. The fraction of sp³-hybridized carbons (Fsp3) is 0.438. The Morgan fingerprint density at radius 3 is 2.48 bits per heavy atom. The van der Waals surface area contributed by atoms with Gasteiger partial charge in [-0.1, -0.05) is 26.8 Å². The molecule has 0 saturated carbocycles. The van der Waals surface area contributed by atoms with Crippen molar-refractivity contribution in [1.29, 1.82) is 0 Å². The Bertz CT molecular complexity index is 818. The van der Waals surface area contributed by atoms with Crippen molar-refractivity contribution in [3.8, 4) is 5.75 Å². The van der Waals surface area contributed by atoms with E-state index in [0.29, 0.717) is 17.1 Å². The van der Waals surface area contributed by atoms with Gasteiger partial charge in [0.25, 0.3) is 10.0 Å². The first-order valence-corrected chi connectivity index (χ1v) is 8.74. The van der Waals surface area contributed by atoms with Gasteiger partial charge in [0, 0.05) is 18.7 Å². The van der Waals surface area contributed by atoms with Crippen LogP contribution in [0.25, 0.3) is 0 Å². The molecule has 0 radical (unpaired) electrons. The van der Waals surface area contributed by atoms with Crippen LogP contribution in [0.1, 0.15) is 32.0 Å². The van der Waals surface area contributed by atoms with Crippen molar-refractivity contribution in [1.82, 2.24) is 9.78 Å². The molecule has 1 N–H and O–H groups in total. The number of nitrogens with one attached hydrogen (secondary N) is 1. The van der Waals surface area contributed by atoms with Crippen molar-refractivity contribution < 1.29 is 13.2 Å². The number of aromatic nitrogens is 2. The highest BCUT2D eigenvalue weighted by Crippen LogP contribution is 2.31. The number of hydrogen-bond donors (Lipinski definition) is 1. The summed E-state index contributed by atoms with van der Waals surface area (Å²) < 4.78 is 35.1. The van der Waals surface area contributed by atoms with Crippen molar-refractivity contribution in [3.63, 3.8) is 0 Å². The third-order valence-electron chi connectivity index (χ3n) is 3.39. The number of rotatable bonds is 4. The zero-order valence-corrected chi connectivity index (χ0v) is 15.2. The summed E-state index contributed by atoms with van der Waals surface area (Å²) in [6.45, 7) is 7.69. The largest absolute Gasteiger partial charge is 0.495 e. The second-order valence-electron chi connectivity index (χ2n) is 6.57. The maximum atomic E-state index is 12.8. The minimum atomic E-state index is -3.77. The van der Waals surface area contributed by atoms with E-state index in [4.69, 9.17) is 4.74 Å². The van der Waals surface area contributed by atoms with E-state index in [1.54, 1.807) is 19.2 Å². The van der Waals surface area contributed by atoms with Gasteiger partial charge in [0.05, 0.1) is 18.5 Å². The zero-order chi connectivity index (χ0) is 17.4. The molecule has 23 heavy (non-hydrogen) atoms. The zero-order valence-electron chi connectivity index (χ0n) is 14.3. The Balaban J connectivity index is 2.51. The van der Waals surface area contributed by atoms with Crippen molar-refractivity contribution in [2.45, 2.75) is 38.0 Å². The normalized spacial score (nSPS) is 12.3. The molecular formula is C16H23N3O3S. The van der Waals surface area contributed by atoms with Gasteiger partial charge in [-0.3, -0.25) is 9.40 Å². The molecule has 0 unspecified atom stereocenters. The Morgan fingerprint density at radius 2 is 1.91 bits per heavy atom. The molecule has 0 aliphatic carbocycles. The fourth-order valence-electron chi connectivity index (χ4n) is 2.28. The summed E-state index contributed by atoms with van der Waals surface area (Å²) in [5.74, 6) is 0.473. The molecule has 0 bridgehead atoms. The molecule has 0 aliphatic rings. The highest BCUT2D eigenvalue weighted by atomic mass is 32.2. The number of sulfonamides is 1. The Hall–Kier alpha value is -2.02. The minimum absolute atomic E-state index is 0.177. The van der Waals surface area contributed by atoms with Crippen molar-refractivity contribution in [3.05, 3.63) is 35.7 Å². The monoisotopic (exact) mass is 337 g/mol. The molecule has 1 aromatic carbocycles. The summed E-state index contributed by atoms with van der Waals surface area (Å²) >= 11 is 0. The van der Waals surface area contributed by atoms with E-state index < -0.39 is 10.0 Å². The highest BCUT2D eigenvalue weighted by Gasteiger charge is 2.30. The summed E-state index contributed by atoms with van der Waals surface area (Å²) in [6.07, 6.45) is 1.52. The van der Waals surface area contributed by atoms with Crippen LogP contribution in [0.4, 0.5) is 5.69 Å². The van der Waals surface area contributed by atoms with Gasteiger partial charge in [0.2, 0.25) is 0 Å². The third kappa shape index (κ3) is 3.67. The molecule has 7 heteroatoms. The van der Waals surface area contributed by atoms with Crippen molar-refractivity contribution >= 4 is 15.7 Å². The number of anilines is 1. The molecule has 0 amide bonds. The van der Waals surface area contributed by atoms with Crippen LogP contribution in [0.3, 0.4) is 0 Å². The SMILES string of the molecule is COc1ccc(C)cc1NS(=O)(=O)c1cn(C)nc1C(C)(C)C. The van der Waals surface area contributed by atoms with Gasteiger partial charge in [-0.05, 0) is 24.6 Å². The lowest BCUT2D eigenvalue weighted by Crippen LogP contribution is -2.20. The van der Waals surface area contributed by atoms with Crippen LogP contribution < -0.4 is 9.46 Å². The van der Waals surface area contributed by atoms with Crippen LogP contribution >= 0.6 is 0 Å². The Morgan fingerprint density at radius 1 is 1.26 bits per heavy atom. The molecule has 2 rings (SSSR count). The van der Waals surface area contributed by atoms with E-state index in [-0.39, 0.29) is 10.3 Å². The van der Waals surface area contributed by atoms with Crippen LogP contribution in [-0.4, -0.2) is 25.3 Å². The van der Waals surface area contributed by atoms with E-state index in [1.807, 2.05) is 33.8 Å². The van der Waals surface area contributed by atoms with E-state index in [2.05, 4.69) is 9.82 Å². The van der Waals surface area contributed by atoms with Crippen LogP contribution in [0.2, 0.25) is 0 Å². The Labute approximate surface area is 137 Å². The summed E-state index contributed by atoms with van der Waals surface area (Å²) in [5.41, 5.74) is 1.49. The van der Waals surface area contributed by atoms with Crippen molar-refractivity contribution in [2.75, 3.05) is 11.8 Å². The predicted molar refractivity (Wildman–Crippen MR) is 90.4 cm³/mol.